The summed E-state index contributed by atoms with van der Waals surface area (Å²) in [5.41, 5.74) is 5.92. The van der Waals surface area contributed by atoms with E-state index in [1.54, 1.807) is 24.3 Å². The molecule has 1 amide bonds. The molecule has 2 N–H and O–H groups in total. The minimum Gasteiger partial charge on any atom is -0.465 e. The van der Waals surface area contributed by atoms with E-state index in [-0.39, 0.29) is 29.3 Å². The van der Waals surface area contributed by atoms with Crippen LogP contribution in [-0.2, 0) is 26.1 Å². The smallest absolute Gasteiger partial charge is 0.349 e. The van der Waals surface area contributed by atoms with E-state index in [4.69, 9.17) is 5.73 Å². The molecule has 0 aliphatic carbocycles. The molecule has 1 heterocycles. The van der Waals surface area contributed by atoms with Gasteiger partial charge < -0.3 is 10.5 Å². The highest BCUT2D eigenvalue weighted by Crippen LogP contribution is 2.27. The summed E-state index contributed by atoms with van der Waals surface area (Å²) in [5, 5.41) is 1.51. The van der Waals surface area contributed by atoms with Crippen molar-refractivity contribution in [2.45, 2.75) is 17.9 Å². The van der Waals surface area contributed by atoms with Crippen molar-refractivity contribution in [3.8, 4) is 0 Å². The Hall–Kier alpha value is -2.23. The van der Waals surface area contributed by atoms with Crippen molar-refractivity contribution in [1.29, 1.82) is 0 Å². The number of methoxy groups -OCH3 is 1. The monoisotopic (exact) mass is 382 g/mol. The first-order chi connectivity index (χ1) is 11.9. The second kappa shape index (κ2) is 8.24. The van der Waals surface area contributed by atoms with Crippen LogP contribution < -0.4 is 5.73 Å². The fourth-order valence-electron chi connectivity index (χ4n) is 2.19. The lowest BCUT2D eigenvalue weighted by molar-refractivity contribution is -0.118. The van der Waals surface area contributed by atoms with E-state index < -0.39 is 21.9 Å². The van der Waals surface area contributed by atoms with E-state index in [1.165, 1.54) is 18.6 Å². The van der Waals surface area contributed by atoms with Crippen LogP contribution in [0.25, 0.3) is 0 Å². The minimum absolute atomic E-state index is 0.000336. The number of ether oxygens (including phenoxy) is 1. The van der Waals surface area contributed by atoms with Gasteiger partial charge in [-0.15, -0.1) is 11.3 Å². The molecule has 134 valence electrons. The highest BCUT2D eigenvalue weighted by Gasteiger charge is 2.30. The maximum absolute atomic E-state index is 13.0. The Bertz CT molecular complexity index is 846. The number of nitrogens with two attached hydrogens (primary N) is 1. The molecular weight excluding hydrogens is 364 g/mol. The highest BCUT2D eigenvalue weighted by molar-refractivity contribution is 7.89. The zero-order chi connectivity index (χ0) is 18.4. The number of amides is 1. The molecule has 0 saturated heterocycles. The third kappa shape index (κ3) is 4.65. The summed E-state index contributed by atoms with van der Waals surface area (Å²) in [6.45, 7) is -0.0179. The number of hydrogen-bond donors (Lipinski definition) is 1. The fraction of sp³-hybridized carbons (Fsp3) is 0.250. The topological polar surface area (TPSA) is 107 Å². The Morgan fingerprint density at radius 3 is 2.48 bits per heavy atom. The summed E-state index contributed by atoms with van der Waals surface area (Å²) in [4.78, 5) is 22.8. The van der Waals surface area contributed by atoms with Gasteiger partial charge in [-0.25, -0.2) is 13.2 Å². The number of carbonyl (C=O) groups is 2. The van der Waals surface area contributed by atoms with Gasteiger partial charge in [0, 0.05) is 19.5 Å². The molecule has 0 radical (unpaired) electrons. The zero-order valence-corrected chi connectivity index (χ0v) is 15.2. The molecule has 1 aromatic heterocycles. The molecule has 7 nitrogen and oxygen atoms in total. The molecule has 0 aliphatic heterocycles. The number of thiophene rings is 1. The molecule has 0 atom stereocenters. The molecule has 0 bridgehead atoms. The standard InChI is InChI=1S/C16H18N2O5S2/c1-23-16(20)15-13(8-10-24-15)25(21,22)18(9-7-14(17)19)11-12-5-3-2-4-6-12/h2-6,8,10H,7,9,11H2,1H3,(H2,17,19). The van der Waals surface area contributed by atoms with Crippen LogP contribution in [0.5, 0.6) is 0 Å². The SMILES string of the molecule is COC(=O)c1sccc1S(=O)(=O)N(CCC(N)=O)Cc1ccccc1. The predicted molar refractivity (Wildman–Crippen MR) is 93.5 cm³/mol. The average Bonchev–Trinajstić information content (AvgIpc) is 3.09. The molecule has 25 heavy (non-hydrogen) atoms. The van der Waals surface area contributed by atoms with Gasteiger partial charge in [-0.3, -0.25) is 4.79 Å². The number of rotatable bonds is 8. The lowest BCUT2D eigenvalue weighted by Gasteiger charge is -2.22. The van der Waals surface area contributed by atoms with E-state index in [0.717, 1.165) is 21.2 Å². The fourth-order valence-corrected chi connectivity index (χ4v) is 4.92. The van der Waals surface area contributed by atoms with Gasteiger partial charge >= 0.3 is 5.97 Å². The molecule has 2 rings (SSSR count). The van der Waals surface area contributed by atoms with Crippen molar-refractivity contribution in [1.82, 2.24) is 4.31 Å². The number of benzene rings is 1. The van der Waals surface area contributed by atoms with Gasteiger partial charge in [-0.2, -0.15) is 4.31 Å². The number of nitrogens with zero attached hydrogens (tertiary/aromatic N) is 1. The Morgan fingerprint density at radius 2 is 1.88 bits per heavy atom. The van der Waals surface area contributed by atoms with Crippen LogP contribution in [-0.4, -0.2) is 38.3 Å². The van der Waals surface area contributed by atoms with Crippen LogP contribution in [0.15, 0.2) is 46.7 Å². The summed E-state index contributed by atoms with van der Waals surface area (Å²) in [7, 11) is -2.81. The number of primary amides is 1. The average molecular weight is 382 g/mol. The first kappa shape index (κ1) is 19.1. The highest BCUT2D eigenvalue weighted by atomic mass is 32.2. The van der Waals surface area contributed by atoms with E-state index in [1.807, 2.05) is 6.07 Å². The lowest BCUT2D eigenvalue weighted by Crippen LogP contribution is -2.34. The second-order valence-corrected chi connectivity index (χ2v) is 7.97. The zero-order valence-electron chi connectivity index (χ0n) is 13.5. The summed E-state index contributed by atoms with van der Waals surface area (Å²) < 4.78 is 31.8. The molecule has 1 aromatic carbocycles. The number of hydrogen-bond acceptors (Lipinski definition) is 6. The van der Waals surface area contributed by atoms with Gasteiger partial charge in [-0.05, 0) is 17.0 Å². The Kier molecular flexibility index (Phi) is 6.29. The van der Waals surface area contributed by atoms with Crippen LogP contribution in [0.3, 0.4) is 0 Å². The van der Waals surface area contributed by atoms with Crippen LogP contribution in [0.4, 0.5) is 0 Å². The van der Waals surface area contributed by atoms with Crippen molar-refractivity contribution in [3.05, 3.63) is 52.2 Å². The molecule has 2 aromatic rings. The maximum Gasteiger partial charge on any atom is 0.349 e. The van der Waals surface area contributed by atoms with Crippen molar-refractivity contribution >= 4 is 33.2 Å². The summed E-state index contributed by atoms with van der Waals surface area (Å²) in [6, 6.07) is 10.3. The third-order valence-electron chi connectivity index (χ3n) is 3.43. The van der Waals surface area contributed by atoms with E-state index in [9.17, 15) is 18.0 Å². The third-order valence-corrected chi connectivity index (χ3v) is 6.34. The van der Waals surface area contributed by atoms with Crippen LogP contribution in [0.2, 0.25) is 0 Å². The molecule has 0 aliphatic rings. The lowest BCUT2D eigenvalue weighted by atomic mass is 10.2. The van der Waals surface area contributed by atoms with Crippen LogP contribution >= 0.6 is 11.3 Å². The first-order valence-electron chi connectivity index (χ1n) is 7.34. The summed E-state index contributed by atoms with van der Waals surface area (Å²) in [6.07, 6.45) is -0.121. The molecule has 0 spiro atoms. The number of carbonyl (C=O) groups excluding carboxylic acids is 2. The molecule has 0 unspecified atom stereocenters. The minimum atomic E-state index is -4.00. The van der Waals surface area contributed by atoms with Gasteiger partial charge in [0.05, 0.1) is 7.11 Å². The van der Waals surface area contributed by atoms with Crippen LogP contribution in [0.1, 0.15) is 21.7 Å². The van der Waals surface area contributed by atoms with Crippen molar-refractivity contribution in [3.63, 3.8) is 0 Å². The maximum atomic E-state index is 13.0. The normalized spacial score (nSPS) is 11.4. The van der Waals surface area contributed by atoms with E-state index >= 15 is 0 Å². The number of sulfonamides is 1. The van der Waals surface area contributed by atoms with Crippen LogP contribution in [0, 0.1) is 0 Å². The van der Waals surface area contributed by atoms with Crippen molar-refractivity contribution in [2.24, 2.45) is 5.73 Å². The van der Waals surface area contributed by atoms with E-state index in [2.05, 4.69) is 4.74 Å². The molecule has 9 heteroatoms. The number of esters is 1. The van der Waals surface area contributed by atoms with Gasteiger partial charge in [0.15, 0.2) is 0 Å². The van der Waals surface area contributed by atoms with Gasteiger partial charge in [0.1, 0.15) is 9.77 Å². The van der Waals surface area contributed by atoms with Crippen molar-refractivity contribution < 1.29 is 22.7 Å². The Morgan fingerprint density at radius 1 is 1.20 bits per heavy atom. The van der Waals surface area contributed by atoms with Gasteiger partial charge in [-0.1, -0.05) is 30.3 Å². The predicted octanol–water partition coefficient (Wildman–Crippen LogP) is 1.60. The quantitative estimate of drug-likeness (QED) is 0.698. The summed E-state index contributed by atoms with van der Waals surface area (Å²) in [5.74, 6) is -1.32. The molecule has 0 fully saturated rings. The Balaban J connectivity index is 2.39. The van der Waals surface area contributed by atoms with Crippen molar-refractivity contribution in [2.75, 3.05) is 13.7 Å². The molecule has 0 saturated carbocycles. The summed E-state index contributed by atoms with van der Waals surface area (Å²) >= 11 is 0.985. The second-order valence-electron chi connectivity index (χ2n) is 5.15. The van der Waals surface area contributed by atoms with Gasteiger partial charge in [0.2, 0.25) is 15.9 Å². The molecular formula is C16H18N2O5S2. The van der Waals surface area contributed by atoms with E-state index in [0.29, 0.717) is 0 Å². The first-order valence-corrected chi connectivity index (χ1v) is 9.66. The van der Waals surface area contributed by atoms with Gasteiger partial charge in [0.25, 0.3) is 0 Å². The largest absolute Gasteiger partial charge is 0.465 e. The Labute approximate surface area is 150 Å².